The average Bonchev–Trinajstić information content (AvgIpc) is 2.35. The fraction of sp³-hybridized carbons (Fsp3) is 0.562. The standard InChI is InChI=1S/C16H24FNO3S/c1-12(13-8-6-7-9-14(13)17)15(19)18(16(2,3)4)10-11-22(5,20)21/h6-9,12H,10-11H2,1-5H3. The molecule has 1 amide bonds. The second-order valence-electron chi connectivity index (χ2n) is 6.53. The number of rotatable bonds is 5. The Morgan fingerprint density at radius 2 is 1.82 bits per heavy atom. The monoisotopic (exact) mass is 329 g/mol. The Morgan fingerprint density at radius 3 is 2.27 bits per heavy atom. The van der Waals surface area contributed by atoms with Crippen LogP contribution in [-0.4, -0.2) is 43.3 Å². The van der Waals surface area contributed by atoms with Gasteiger partial charge >= 0.3 is 0 Å². The lowest BCUT2D eigenvalue weighted by molar-refractivity contribution is -0.136. The van der Waals surface area contributed by atoms with Crippen molar-refractivity contribution in [3.8, 4) is 0 Å². The van der Waals surface area contributed by atoms with Crippen LogP contribution in [0.25, 0.3) is 0 Å². The Hall–Kier alpha value is -1.43. The summed E-state index contributed by atoms with van der Waals surface area (Å²) in [7, 11) is -3.18. The predicted octanol–water partition coefficient (Wildman–Crippen LogP) is 2.60. The smallest absolute Gasteiger partial charge is 0.230 e. The van der Waals surface area contributed by atoms with Crippen molar-refractivity contribution in [2.45, 2.75) is 39.2 Å². The molecule has 0 aliphatic rings. The van der Waals surface area contributed by atoms with Gasteiger partial charge in [0.2, 0.25) is 5.91 Å². The molecule has 0 aliphatic carbocycles. The summed E-state index contributed by atoms with van der Waals surface area (Å²) in [6, 6.07) is 6.15. The van der Waals surface area contributed by atoms with Crippen molar-refractivity contribution >= 4 is 15.7 Å². The van der Waals surface area contributed by atoms with E-state index in [0.29, 0.717) is 5.56 Å². The first-order valence-corrected chi connectivity index (χ1v) is 9.23. The van der Waals surface area contributed by atoms with Crippen LogP contribution in [-0.2, 0) is 14.6 Å². The summed E-state index contributed by atoms with van der Waals surface area (Å²) in [5, 5.41) is 0. The van der Waals surface area contributed by atoms with Gasteiger partial charge in [0, 0.05) is 18.3 Å². The van der Waals surface area contributed by atoms with Crippen LogP contribution in [0, 0.1) is 5.82 Å². The highest BCUT2D eigenvalue weighted by Crippen LogP contribution is 2.25. The molecule has 0 saturated carbocycles. The van der Waals surface area contributed by atoms with Crippen LogP contribution in [0.5, 0.6) is 0 Å². The van der Waals surface area contributed by atoms with Gasteiger partial charge in [-0.15, -0.1) is 0 Å². The van der Waals surface area contributed by atoms with Crippen molar-refractivity contribution in [2.75, 3.05) is 18.6 Å². The molecule has 0 bridgehead atoms. The molecule has 22 heavy (non-hydrogen) atoms. The van der Waals surface area contributed by atoms with Crippen LogP contribution < -0.4 is 0 Å². The summed E-state index contributed by atoms with van der Waals surface area (Å²) in [4.78, 5) is 14.2. The van der Waals surface area contributed by atoms with Gasteiger partial charge in [-0.05, 0) is 39.3 Å². The highest BCUT2D eigenvalue weighted by atomic mass is 32.2. The lowest BCUT2D eigenvalue weighted by Gasteiger charge is -2.37. The minimum atomic E-state index is -3.18. The summed E-state index contributed by atoms with van der Waals surface area (Å²) in [5.74, 6) is -1.48. The normalized spacial score (nSPS) is 13.7. The van der Waals surface area contributed by atoms with Gasteiger partial charge in [-0.2, -0.15) is 0 Å². The van der Waals surface area contributed by atoms with E-state index in [4.69, 9.17) is 0 Å². The number of halogens is 1. The Bertz CT molecular complexity index is 635. The number of hydrogen-bond acceptors (Lipinski definition) is 3. The fourth-order valence-electron chi connectivity index (χ4n) is 2.23. The van der Waals surface area contributed by atoms with E-state index in [0.717, 1.165) is 6.26 Å². The molecule has 0 aliphatic heterocycles. The van der Waals surface area contributed by atoms with E-state index in [2.05, 4.69) is 0 Å². The molecule has 124 valence electrons. The van der Waals surface area contributed by atoms with Gasteiger partial charge in [-0.25, -0.2) is 12.8 Å². The average molecular weight is 329 g/mol. The maximum atomic E-state index is 13.9. The molecule has 1 aromatic rings. The fourth-order valence-corrected chi connectivity index (χ4v) is 2.74. The predicted molar refractivity (Wildman–Crippen MR) is 86.0 cm³/mol. The first-order chi connectivity index (χ1) is 9.93. The Morgan fingerprint density at radius 1 is 1.27 bits per heavy atom. The second-order valence-corrected chi connectivity index (χ2v) is 8.79. The number of benzene rings is 1. The number of sulfone groups is 1. The van der Waals surface area contributed by atoms with Crippen molar-refractivity contribution in [3.05, 3.63) is 35.6 Å². The third kappa shape index (κ3) is 5.09. The third-order valence-electron chi connectivity index (χ3n) is 3.50. The zero-order valence-corrected chi connectivity index (χ0v) is 14.6. The number of amides is 1. The van der Waals surface area contributed by atoms with Crippen LogP contribution in [0.3, 0.4) is 0 Å². The zero-order chi connectivity index (χ0) is 17.1. The minimum Gasteiger partial charge on any atom is -0.336 e. The van der Waals surface area contributed by atoms with Gasteiger partial charge in [0.1, 0.15) is 15.7 Å². The lowest BCUT2D eigenvalue weighted by Crippen LogP contribution is -2.49. The maximum absolute atomic E-state index is 13.9. The van der Waals surface area contributed by atoms with Gasteiger partial charge in [0.15, 0.2) is 0 Å². The van der Waals surface area contributed by atoms with E-state index < -0.39 is 27.1 Å². The molecule has 0 radical (unpaired) electrons. The summed E-state index contributed by atoms with van der Waals surface area (Å²) in [6.45, 7) is 7.24. The van der Waals surface area contributed by atoms with E-state index in [-0.39, 0.29) is 18.2 Å². The summed E-state index contributed by atoms with van der Waals surface area (Å²) < 4.78 is 36.6. The largest absolute Gasteiger partial charge is 0.336 e. The number of nitrogens with zero attached hydrogens (tertiary/aromatic N) is 1. The lowest BCUT2D eigenvalue weighted by atomic mass is 9.96. The third-order valence-corrected chi connectivity index (χ3v) is 4.43. The molecule has 1 unspecified atom stereocenters. The van der Waals surface area contributed by atoms with Gasteiger partial charge < -0.3 is 4.90 Å². The van der Waals surface area contributed by atoms with Crippen LogP contribution in [0.15, 0.2) is 24.3 Å². The molecule has 0 N–H and O–H groups in total. The van der Waals surface area contributed by atoms with Crippen molar-refractivity contribution in [1.82, 2.24) is 4.90 Å². The molecule has 6 heteroatoms. The number of hydrogen-bond donors (Lipinski definition) is 0. The maximum Gasteiger partial charge on any atom is 0.230 e. The molecule has 1 atom stereocenters. The number of carbonyl (C=O) groups is 1. The van der Waals surface area contributed by atoms with Crippen molar-refractivity contribution < 1.29 is 17.6 Å². The molecule has 1 rings (SSSR count). The molecule has 0 saturated heterocycles. The van der Waals surface area contributed by atoms with Crippen LogP contribution in [0.1, 0.15) is 39.2 Å². The quantitative estimate of drug-likeness (QED) is 0.834. The van der Waals surface area contributed by atoms with E-state index in [1.54, 1.807) is 25.1 Å². The zero-order valence-electron chi connectivity index (χ0n) is 13.8. The molecule has 1 aromatic carbocycles. The second kappa shape index (κ2) is 6.77. The van der Waals surface area contributed by atoms with Crippen LogP contribution in [0.4, 0.5) is 4.39 Å². The van der Waals surface area contributed by atoms with E-state index >= 15 is 0 Å². The van der Waals surface area contributed by atoms with Crippen molar-refractivity contribution in [2.24, 2.45) is 0 Å². The molecule has 0 spiro atoms. The van der Waals surface area contributed by atoms with Gasteiger partial charge in [0.05, 0.1) is 11.7 Å². The molecule has 0 aromatic heterocycles. The Balaban J connectivity index is 3.04. The van der Waals surface area contributed by atoms with Crippen molar-refractivity contribution in [1.29, 1.82) is 0 Å². The molecule has 4 nitrogen and oxygen atoms in total. The molecular weight excluding hydrogens is 305 g/mol. The van der Waals surface area contributed by atoms with E-state index in [1.165, 1.54) is 11.0 Å². The van der Waals surface area contributed by atoms with Crippen LogP contribution >= 0.6 is 0 Å². The summed E-state index contributed by atoms with van der Waals surface area (Å²) >= 11 is 0. The van der Waals surface area contributed by atoms with E-state index in [9.17, 15) is 17.6 Å². The van der Waals surface area contributed by atoms with Gasteiger partial charge in [-0.1, -0.05) is 18.2 Å². The minimum absolute atomic E-state index is 0.0972. The highest BCUT2D eigenvalue weighted by Gasteiger charge is 2.31. The highest BCUT2D eigenvalue weighted by molar-refractivity contribution is 7.90. The Kier molecular flexibility index (Phi) is 5.73. The molecule has 0 heterocycles. The first-order valence-electron chi connectivity index (χ1n) is 7.17. The Labute approximate surface area is 132 Å². The SMILES string of the molecule is CC(C(=O)N(CCS(C)(=O)=O)C(C)(C)C)c1ccccc1F. The summed E-state index contributed by atoms with van der Waals surface area (Å²) in [6.07, 6.45) is 1.14. The first kappa shape index (κ1) is 18.6. The topological polar surface area (TPSA) is 54.5 Å². The summed E-state index contributed by atoms with van der Waals surface area (Å²) in [5.41, 5.74) is -0.220. The molecule has 0 fully saturated rings. The number of carbonyl (C=O) groups excluding carboxylic acids is 1. The van der Waals surface area contributed by atoms with Gasteiger partial charge in [-0.3, -0.25) is 4.79 Å². The van der Waals surface area contributed by atoms with Gasteiger partial charge in [0.25, 0.3) is 0 Å². The van der Waals surface area contributed by atoms with Crippen LogP contribution in [0.2, 0.25) is 0 Å². The van der Waals surface area contributed by atoms with Crippen molar-refractivity contribution in [3.63, 3.8) is 0 Å². The molecular formula is C16H24FNO3S. The van der Waals surface area contributed by atoms with E-state index in [1.807, 2.05) is 20.8 Å².